The van der Waals surface area contributed by atoms with Crippen molar-refractivity contribution < 1.29 is 9.47 Å². The van der Waals surface area contributed by atoms with Gasteiger partial charge in [-0.05, 0) is 24.2 Å². The number of rotatable bonds is 14. The highest BCUT2D eigenvalue weighted by atomic mass is 35.5. The summed E-state index contributed by atoms with van der Waals surface area (Å²) in [5.74, 6) is 1.12. The molecule has 0 aromatic carbocycles. The fourth-order valence-electron chi connectivity index (χ4n) is 1.44. The third-order valence-corrected chi connectivity index (χ3v) is 5.70. The van der Waals surface area contributed by atoms with Gasteiger partial charge in [0.25, 0.3) is 0 Å². The Labute approximate surface area is 137 Å². The van der Waals surface area contributed by atoms with Gasteiger partial charge in [-0.3, -0.25) is 0 Å². The smallest absolute Gasteiger partial charge is 0.101 e. The van der Waals surface area contributed by atoms with Gasteiger partial charge in [0.05, 0.1) is 24.3 Å². The molecule has 0 radical (unpaired) electrons. The van der Waals surface area contributed by atoms with Crippen LogP contribution in [0.4, 0.5) is 0 Å². The van der Waals surface area contributed by atoms with E-state index in [9.17, 15) is 0 Å². The Hall–Kier alpha value is -0.166. The van der Waals surface area contributed by atoms with Crippen LogP contribution in [0.25, 0.3) is 0 Å². The van der Waals surface area contributed by atoms with E-state index in [0.717, 1.165) is 0 Å². The molecule has 0 atom stereocenters. The molecule has 0 aliphatic rings. The van der Waals surface area contributed by atoms with Crippen molar-refractivity contribution in [2.75, 3.05) is 25.0 Å². The van der Waals surface area contributed by atoms with E-state index in [1.807, 2.05) is 0 Å². The first-order valence-corrected chi connectivity index (χ1v) is 12.3. The number of hydrogen-bond donors (Lipinski definition) is 0. The van der Waals surface area contributed by atoms with Crippen molar-refractivity contribution in [3.8, 4) is 0 Å². The summed E-state index contributed by atoms with van der Waals surface area (Å²) in [7, 11) is 0.0117. The average Bonchev–Trinajstić information content (AvgIpc) is 2.47. The lowest BCUT2D eigenvalue weighted by Gasteiger charge is -1.95. The van der Waals surface area contributed by atoms with E-state index in [2.05, 4.69) is 24.3 Å². The van der Waals surface area contributed by atoms with Crippen LogP contribution in [0.15, 0.2) is 36.8 Å². The minimum atomic E-state index is 0.00586. The molecule has 0 aliphatic carbocycles. The molecule has 0 aliphatic heterocycles. The zero-order valence-corrected chi connectivity index (χ0v) is 16.4. The second kappa shape index (κ2) is 18.8. The minimum absolute atomic E-state index is 0.00586. The van der Waals surface area contributed by atoms with E-state index in [1.165, 1.54) is 24.2 Å². The minimum Gasteiger partial charge on any atom is -0.500 e. The lowest BCUT2D eigenvalue weighted by Crippen LogP contribution is -1.88. The molecule has 0 amide bonds. The van der Waals surface area contributed by atoms with Crippen molar-refractivity contribution in [3.05, 3.63) is 36.8 Å². The van der Waals surface area contributed by atoms with Gasteiger partial charge in [-0.1, -0.05) is 24.3 Å². The van der Waals surface area contributed by atoms with Crippen molar-refractivity contribution in [1.82, 2.24) is 0 Å². The van der Waals surface area contributed by atoms with E-state index in [-0.39, 0.29) is 19.0 Å². The number of hydrogen-bond acceptors (Lipinski definition) is 2. The monoisotopic (exact) mass is 352 g/mol. The molecule has 20 heavy (non-hydrogen) atoms. The van der Waals surface area contributed by atoms with Gasteiger partial charge in [0.2, 0.25) is 0 Å². The van der Waals surface area contributed by atoms with Crippen LogP contribution in [-0.2, 0) is 9.47 Å². The molecule has 0 saturated carbocycles. The quantitative estimate of drug-likeness (QED) is 0.157. The molecule has 0 bridgehead atoms. The summed E-state index contributed by atoms with van der Waals surface area (Å²) < 4.78 is 10.3. The summed E-state index contributed by atoms with van der Waals surface area (Å²) in [6.07, 6.45) is 12.5. The summed E-state index contributed by atoms with van der Waals surface area (Å²) in [5.41, 5.74) is 0. The predicted molar refractivity (Wildman–Crippen MR) is 97.1 cm³/mol. The standard InChI is InChI=1S/C14H26Cl2O2Si2/c15-5-9-17-7-3-13-19-11-1-2-12-20-14-4-8-18-10-6-16/h1-4,7-8H,5-6,9-14,19-20H2. The third-order valence-electron chi connectivity index (χ3n) is 2.42. The highest BCUT2D eigenvalue weighted by Crippen LogP contribution is 1.95. The van der Waals surface area contributed by atoms with Gasteiger partial charge < -0.3 is 9.47 Å². The van der Waals surface area contributed by atoms with Gasteiger partial charge in [-0.15, -0.1) is 23.2 Å². The maximum absolute atomic E-state index is 5.49. The summed E-state index contributed by atoms with van der Waals surface area (Å²) in [6, 6.07) is 4.96. The molecule has 0 aromatic rings. The van der Waals surface area contributed by atoms with Crippen LogP contribution >= 0.6 is 23.2 Å². The molecule has 116 valence electrons. The van der Waals surface area contributed by atoms with Gasteiger partial charge in [-0.25, -0.2) is 0 Å². The van der Waals surface area contributed by atoms with Crippen molar-refractivity contribution in [3.63, 3.8) is 0 Å². The lowest BCUT2D eigenvalue weighted by atomic mass is 10.6. The molecular formula is C14H26Cl2O2Si2. The van der Waals surface area contributed by atoms with Gasteiger partial charge >= 0.3 is 0 Å². The maximum atomic E-state index is 5.49. The Morgan fingerprint density at radius 1 is 0.650 bits per heavy atom. The maximum Gasteiger partial charge on any atom is 0.101 e. The highest BCUT2D eigenvalue weighted by molar-refractivity contribution is 6.37. The molecule has 0 fully saturated rings. The predicted octanol–water partition coefficient (Wildman–Crippen LogP) is 3.09. The largest absolute Gasteiger partial charge is 0.500 e. The van der Waals surface area contributed by atoms with Crippen LogP contribution in [0, 0.1) is 0 Å². The van der Waals surface area contributed by atoms with E-state index in [4.69, 9.17) is 32.7 Å². The Morgan fingerprint density at radius 3 is 1.45 bits per heavy atom. The fourth-order valence-corrected chi connectivity index (χ4v) is 3.78. The summed E-state index contributed by atoms with van der Waals surface area (Å²) >= 11 is 11.0. The first kappa shape index (κ1) is 19.8. The van der Waals surface area contributed by atoms with Crippen molar-refractivity contribution in [2.24, 2.45) is 0 Å². The SMILES string of the molecule is ClCCOC=CC[SiH2]CC=CC[SiH2]CC=COCCCl. The van der Waals surface area contributed by atoms with Crippen molar-refractivity contribution >= 4 is 42.2 Å². The summed E-state index contributed by atoms with van der Waals surface area (Å²) in [4.78, 5) is 0. The average molecular weight is 353 g/mol. The third kappa shape index (κ3) is 17.8. The van der Waals surface area contributed by atoms with Crippen LogP contribution in [0.3, 0.4) is 0 Å². The zero-order valence-electron chi connectivity index (χ0n) is 12.1. The molecule has 0 N–H and O–H groups in total. The Kier molecular flexibility index (Phi) is 18.7. The molecule has 2 nitrogen and oxygen atoms in total. The molecule has 0 rings (SSSR count). The number of alkyl halides is 2. The zero-order chi connectivity index (χ0) is 14.7. The number of allylic oxidation sites excluding steroid dienone is 4. The molecule has 6 heteroatoms. The molecular weight excluding hydrogens is 327 g/mol. The molecule has 0 saturated heterocycles. The summed E-state index contributed by atoms with van der Waals surface area (Å²) in [6.45, 7) is 1.21. The second-order valence-corrected chi connectivity index (χ2v) is 8.68. The van der Waals surface area contributed by atoms with Gasteiger partial charge in [-0.2, -0.15) is 0 Å². The first-order chi connectivity index (χ1) is 9.91. The van der Waals surface area contributed by atoms with Gasteiger partial charge in [0, 0.05) is 19.0 Å². The highest BCUT2D eigenvalue weighted by Gasteiger charge is 1.85. The van der Waals surface area contributed by atoms with Crippen molar-refractivity contribution in [1.29, 1.82) is 0 Å². The van der Waals surface area contributed by atoms with Gasteiger partial charge in [0.1, 0.15) is 13.2 Å². The Balaban J connectivity index is 3.20. The van der Waals surface area contributed by atoms with E-state index < -0.39 is 0 Å². The van der Waals surface area contributed by atoms with Gasteiger partial charge in [0.15, 0.2) is 0 Å². The topological polar surface area (TPSA) is 18.5 Å². The normalized spacial score (nSPS) is 13.1. The first-order valence-electron chi connectivity index (χ1n) is 7.22. The molecule has 0 unspecified atom stereocenters. The van der Waals surface area contributed by atoms with Crippen LogP contribution in [0.5, 0.6) is 0 Å². The molecule has 0 heterocycles. The number of halogens is 2. The summed E-state index contributed by atoms with van der Waals surface area (Å²) in [5, 5.41) is 0. The van der Waals surface area contributed by atoms with Crippen LogP contribution in [-0.4, -0.2) is 44.0 Å². The van der Waals surface area contributed by atoms with Crippen LogP contribution < -0.4 is 0 Å². The van der Waals surface area contributed by atoms with E-state index in [1.54, 1.807) is 12.5 Å². The molecule has 0 aromatic heterocycles. The van der Waals surface area contributed by atoms with Crippen LogP contribution in [0.2, 0.25) is 24.2 Å². The fraction of sp³-hybridized carbons (Fsp3) is 0.571. The lowest BCUT2D eigenvalue weighted by molar-refractivity contribution is 0.271. The number of ether oxygens (including phenoxy) is 2. The van der Waals surface area contributed by atoms with E-state index in [0.29, 0.717) is 25.0 Å². The Morgan fingerprint density at radius 2 is 1.05 bits per heavy atom. The van der Waals surface area contributed by atoms with Crippen molar-refractivity contribution in [2.45, 2.75) is 24.2 Å². The molecule has 0 spiro atoms. The van der Waals surface area contributed by atoms with E-state index >= 15 is 0 Å². The second-order valence-electron chi connectivity index (χ2n) is 4.20. The Bertz CT molecular complexity index is 246. The van der Waals surface area contributed by atoms with Crippen LogP contribution in [0.1, 0.15) is 0 Å².